The van der Waals surface area contributed by atoms with E-state index >= 15 is 0 Å². The van der Waals surface area contributed by atoms with Crippen molar-refractivity contribution in [2.45, 2.75) is 117 Å². The van der Waals surface area contributed by atoms with E-state index in [-0.39, 0.29) is 32.3 Å². The van der Waals surface area contributed by atoms with E-state index in [4.69, 9.17) is 23.5 Å². The smallest absolute Gasteiger partial charge is 0.419 e. The van der Waals surface area contributed by atoms with E-state index in [0.29, 0.717) is 31.8 Å². The van der Waals surface area contributed by atoms with E-state index in [2.05, 4.69) is 9.88 Å². The van der Waals surface area contributed by atoms with Gasteiger partial charge < -0.3 is 23.5 Å². The second-order valence-corrected chi connectivity index (χ2v) is 18.8. The third kappa shape index (κ3) is 11.8. The van der Waals surface area contributed by atoms with E-state index in [0.717, 1.165) is 21.6 Å². The second-order valence-electron chi connectivity index (χ2n) is 15.9. The largest absolute Gasteiger partial charge is 0.481 e. The molecule has 2 heterocycles. The summed E-state index contributed by atoms with van der Waals surface area (Å²) in [6, 6.07) is 11.8. The van der Waals surface area contributed by atoms with Crippen LogP contribution in [0.25, 0.3) is 11.1 Å². The maximum Gasteiger partial charge on any atom is 0.419 e. The molecule has 2 aromatic rings. The number of amides is 2. The summed E-state index contributed by atoms with van der Waals surface area (Å²) < 4.78 is 43.2. The maximum atomic E-state index is 14.9. The molecular formula is C38H58N3O9P. The molecule has 3 rings (SSSR count). The number of nitrogens with zero attached hydrogens (tertiary/aromatic N) is 3. The monoisotopic (exact) mass is 731 g/mol. The van der Waals surface area contributed by atoms with Crippen molar-refractivity contribution in [1.82, 2.24) is 14.8 Å². The second kappa shape index (κ2) is 16.9. The molecule has 2 atom stereocenters. The molecule has 1 aliphatic heterocycles. The first-order chi connectivity index (χ1) is 23.6. The Balaban J connectivity index is 1.95. The Morgan fingerprint density at radius 3 is 2.02 bits per heavy atom. The number of methoxy groups -OCH3 is 1. The number of benzene rings is 1. The minimum absolute atomic E-state index is 0.0276. The molecule has 284 valence electrons. The average Bonchev–Trinajstić information content (AvgIpc) is 3.00. The number of hydrogen-bond donors (Lipinski definition) is 0. The number of ether oxygens (including phenoxy) is 4. The van der Waals surface area contributed by atoms with Gasteiger partial charge in [0.05, 0.1) is 13.7 Å². The molecule has 12 nitrogen and oxygen atoms in total. The van der Waals surface area contributed by atoms with Gasteiger partial charge in [0.2, 0.25) is 13.2 Å². The molecule has 1 fully saturated rings. The average molecular weight is 732 g/mol. The molecule has 13 heteroatoms. The fourth-order valence-electron chi connectivity index (χ4n) is 5.92. The number of carbonyl (C=O) groups excluding carboxylic acids is 3. The number of rotatable bonds is 12. The van der Waals surface area contributed by atoms with Crippen LogP contribution in [0.1, 0.15) is 94.1 Å². The van der Waals surface area contributed by atoms with Gasteiger partial charge in [0, 0.05) is 50.2 Å². The number of pyridine rings is 1. The fourth-order valence-corrected chi connectivity index (χ4v) is 8.93. The van der Waals surface area contributed by atoms with Crippen molar-refractivity contribution in [2.24, 2.45) is 0 Å². The Morgan fingerprint density at radius 1 is 0.882 bits per heavy atom. The van der Waals surface area contributed by atoms with Gasteiger partial charge in [-0.2, -0.15) is 0 Å². The van der Waals surface area contributed by atoms with Crippen LogP contribution in [0.5, 0.6) is 5.88 Å². The third-order valence-electron chi connectivity index (χ3n) is 8.08. The zero-order chi connectivity index (χ0) is 38.3. The molecule has 1 saturated heterocycles. The summed E-state index contributed by atoms with van der Waals surface area (Å²) in [5.74, 6) is -0.0679. The van der Waals surface area contributed by atoms with Gasteiger partial charge in [0.1, 0.15) is 16.8 Å². The van der Waals surface area contributed by atoms with Gasteiger partial charge in [-0.1, -0.05) is 24.3 Å². The predicted molar refractivity (Wildman–Crippen MR) is 197 cm³/mol. The molecule has 1 aliphatic rings. The number of unbranched alkanes of at least 4 members (excludes halogenated alkanes) is 1. The minimum Gasteiger partial charge on any atom is -0.481 e. The number of imide groups is 1. The van der Waals surface area contributed by atoms with Gasteiger partial charge in [-0.05, 0) is 106 Å². The lowest BCUT2D eigenvalue weighted by atomic mass is 9.97. The zero-order valence-electron chi connectivity index (χ0n) is 32.4. The van der Waals surface area contributed by atoms with Gasteiger partial charge in [-0.25, -0.2) is 19.5 Å². The van der Waals surface area contributed by atoms with E-state index < -0.39 is 47.5 Å². The molecule has 0 saturated carbocycles. The van der Waals surface area contributed by atoms with Crippen molar-refractivity contribution in [3.8, 4) is 17.0 Å². The van der Waals surface area contributed by atoms with Gasteiger partial charge in [-0.3, -0.25) is 14.3 Å². The highest BCUT2D eigenvalue weighted by Gasteiger charge is 2.59. The lowest BCUT2D eigenvalue weighted by Gasteiger charge is -2.46. The predicted octanol–water partition coefficient (Wildman–Crippen LogP) is 8.31. The summed E-state index contributed by atoms with van der Waals surface area (Å²) in [6.07, 6.45) is 1.05. The molecule has 0 spiro atoms. The first-order valence-electron chi connectivity index (χ1n) is 17.6. The quantitative estimate of drug-likeness (QED) is 0.0903. The van der Waals surface area contributed by atoms with Crippen molar-refractivity contribution >= 4 is 25.5 Å². The van der Waals surface area contributed by atoms with Gasteiger partial charge in [-0.15, -0.1) is 0 Å². The molecular weight excluding hydrogens is 673 g/mol. The van der Waals surface area contributed by atoms with Crippen LogP contribution >= 0.6 is 7.37 Å². The highest BCUT2D eigenvalue weighted by atomic mass is 31.2. The lowest BCUT2D eigenvalue weighted by Crippen LogP contribution is -2.56. The first-order valence-corrected chi connectivity index (χ1v) is 19.4. The van der Waals surface area contributed by atoms with Gasteiger partial charge >= 0.3 is 18.2 Å². The standard InChI is InChI=1S/C38H58N3O9P/c1-12-47-51(45)24-23-40(26-29-17-13-14-18-30(29)28-19-20-31(46-11)39-25-28)27-38(51,32(42)48-35(2,3)4)21-15-16-22-41(33(43)49-36(5,6)7)34(44)50-37(8,9)10/h13-14,17-20,25H,12,15-16,21-24,26-27H2,1-11H3/t38-,51?/m0/s1. The van der Waals surface area contributed by atoms with Crippen LogP contribution in [0.15, 0.2) is 42.6 Å². The Kier molecular flexibility index (Phi) is 13.9. The summed E-state index contributed by atoms with van der Waals surface area (Å²) in [4.78, 5) is 48.0. The van der Waals surface area contributed by atoms with Crippen LogP contribution in [0.4, 0.5) is 9.59 Å². The summed E-state index contributed by atoms with van der Waals surface area (Å²) >= 11 is 0. The van der Waals surface area contributed by atoms with Crippen molar-refractivity contribution < 1.29 is 42.4 Å². The third-order valence-corrected chi connectivity index (χ3v) is 11.4. The molecule has 0 bridgehead atoms. The Morgan fingerprint density at radius 2 is 1.49 bits per heavy atom. The lowest BCUT2D eigenvalue weighted by molar-refractivity contribution is -0.160. The van der Waals surface area contributed by atoms with Crippen LogP contribution in [0.2, 0.25) is 0 Å². The molecule has 1 aromatic heterocycles. The molecule has 0 N–H and O–H groups in total. The number of hydrogen-bond acceptors (Lipinski definition) is 11. The van der Waals surface area contributed by atoms with Crippen molar-refractivity contribution in [2.75, 3.05) is 39.5 Å². The van der Waals surface area contributed by atoms with Crippen molar-refractivity contribution in [3.63, 3.8) is 0 Å². The van der Waals surface area contributed by atoms with Crippen molar-refractivity contribution in [1.29, 1.82) is 0 Å². The molecule has 51 heavy (non-hydrogen) atoms. The van der Waals surface area contributed by atoms with Crippen LogP contribution in [-0.2, 0) is 34.6 Å². The van der Waals surface area contributed by atoms with E-state index in [1.54, 1.807) is 82.5 Å². The number of esters is 1. The molecule has 1 aromatic carbocycles. The summed E-state index contributed by atoms with van der Waals surface area (Å²) in [5.41, 5.74) is 0.398. The van der Waals surface area contributed by atoms with E-state index in [9.17, 15) is 18.9 Å². The summed E-state index contributed by atoms with van der Waals surface area (Å²) in [7, 11) is -2.04. The van der Waals surface area contributed by atoms with Gasteiger partial charge in [0.25, 0.3) is 0 Å². The molecule has 0 radical (unpaired) electrons. The van der Waals surface area contributed by atoms with Crippen molar-refractivity contribution in [3.05, 3.63) is 48.2 Å². The zero-order valence-corrected chi connectivity index (χ0v) is 33.3. The van der Waals surface area contributed by atoms with Crippen LogP contribution < -0.4 is 4.74 Å². The first kappa shape index (κ1) is 41.9. The molecule has 1 unspecified atom stereocenters. The Hall–Kier alpha value is -3.47. The molecule has 0 aliphatic carbocycles. The Bertz CT molecular complexity index is 1520. The van der Waals surface area contributed by atoms with E-state index in [1.807, 2.05) is 36.4 Å². The van der Waals surface area contributed by atoms with Crippen LogP contribution in [0, 0.1) is 0 Å². The summed E-state index contributed by atoms with van der Waals surface area (Å²) in [5, 5.41) is -1.49. The number of carbonyl (C=O) groups is 3. The van der Waals surface area contributed by atoms with Crippen LogP contribution in [0.3, 0.4) is 0 Å². The maximum absolute atomic E-state index is 14.9. The number of aromatic nitrogens is 1. The van der Waals surface area contributed by atoms with Crippen LogP contribution in [-0.4, -0.2) is 94.4 Å². The SMILES string of the molecule is CCOP1(=O)CCN(Cc2ccccc2-c2ccc(OC)nc2)C[C@@]1(CCCCN(C(=O)OC(C)(C)C)C(=O)OC(C)(C)C)C(=O)OC(C)(C)C. The Labute approximate surface area is 304 Å². The minimum atomic E-state index is -3.61. The molecule has 2 amide bonds. The fraction of sp³-hybridized carbons (Fsp3) is 0.632. The van der Waals surface area contributed by atoms with Gasteiger partial charge in [0.15, 0.2) is 5.16 Å². The normalized spacial score (nSPS) is 20.0. The topological polar surface area (TPSA) is 134 Å². The summed E-state index contributed by atoms with van der Waals surface area (Å²) in [6.45, 7) is 18.6. The highest BCUT2D eigenvalue weighted by Crippen LogP contribution is 2.64. The highest BCUT2D eigenvalue weighted by molar-refractivity contribution is 7.62. The van der Waals surface area contributed by atoms with E-state index in [1.165, 1.54) is 0 Å².